The molecule has 0 unspecified atom stereocenters. The maximum absolute atomic E-state index is 12.5. The minimum atomic E-state index is -2.65. The summed E-state index contributed by atoms with van der Waals surface area (Å²) in [5, 5.41) is 8.95. The van der Waals surface area contributed by atoms with Crippen molar-refractivity contribution < 1.29 is 18.7 Å². The molecule has 88 valence electrons. The maximum Gasteiger partial charge on any atom is 0.307 e. The van der Waals surface area contributed by atoms with E-state index >= 15 is 0 Å². The first kappa shape index (κ1) is 13.8. The van der Waals surface area contributed by atoms with Gasteiger partial charge in [0.15, 0.2) is 0 Å². The van der Waals surface area contributed by atoms with Crippen LogP contribution in [0.15, 0.2) is 6.07 Å². The molecule has 0 atom stereocenters. The van der Waals surface area contributed by atoms with E-state index < -0.39 is 12.4 Å². The van der Waals surface area contributed by atoms with E-state index in [0.717, 1.165) is 0 Å². The summed E-state index contributed by atoms with van der Waals surface area (Å²) >= 11 is 4.96. The molecule has 16 heavy (non-hydrogen) atoms. The standard InChI is InChI=1S/C9H7BrF2INO2/c10-3-7-4(1-8(15)16)5(13)2-6(14-7)9(11)12/h2,9H,1,3H2,(H,15,16). The van der Waals surface area contributed by atoms with Gasteiger partial charge in [-0.15, -0.1) is 0 Å². The number of rotatable bonds is 4. The Bertz CT molecular complexity index is 415. The molecule has 3 nitrogen and oxygen atoms in total. The largest absolute Gasteiger partial charge is 0.481 e. The SMILES string of the molecule is O=C(O)Cc1c(I)cc(C(F)F)nc1CBr. The fourth-order valence-corrected chi connectivity index (χ4v) is 2.46. The summed E-state index contributed by atoms with van der Waals surface area (Å²) < 4.78 is 25.4. The molecule has 0 aliphatic rings. The normalized spacial score (nSPS) is 10.8. The molecule has 0 saturated carbocycles. The van der Waals surface area contributed by atoms with E-state index in [-0.39, 0.29) is 17.4 Å². The molecule has 0 saturated heterocycles. The Morgan fingerprint density at radius 3 is 2.69 bits per heavy atom. The van der Waals surface area contributed by atoms with Crippen LogP contribution in [0.5, 0.6) is 0 Å². The summed E-state index contributed by atoms with van der Waals surface area (Å²) in [7, 11) is 0. The van der Waals surface area contributed by atoms with Crippen LogP contribution in [0.3, 0.4) is 0 Å². The number of carboxylic acids is 1. The van der Waals surface area contributed by atoms with Crippen LogP contribution in [0.25, 0.3) is 0 Å². The zero-order valence-corrected chi connectivity index (χ0v) is 11.6. The van der Waals surface area contributed by atoms with Gasteiger partial charge in [0.05, 0.1) is 12.1 Å². The first-order valence-corrected chi connectivity index (χ1v) is 6.39. The van der Waals surface area contributed by atoms with Crippen molar-refractivity contribution in [3.63, 3.8) is 0 Å². The minimum Gasteiger partial charge on any atom is -0.481 e. The summed E-state index contributed by atoms with van der Waals surface area (Å²) in [6, 6.07) is 1.22. The number of hydrogen-bond acceptors (Lipinski definition) is 2. The molecule has 1 aromatic rings. The van der Waals surface area contributed by atoms with Gasteiger partial charge in [-0.3, -0.25) is 9.78 Å². The molecule has 1 heterocycles. The lowest BCUT2D eigenvalue weighted by molar-refractivity contribution is -0.136. The van der Waals surface area contributed by atoms with Gasteiger partial charge < -0.3 is 5.11 Å². The average molecular weight is 406 g/mol. The topological polar surface area (TPSA) is 50.2 Å². The van der Waals surface area contributed by atoms with Crippen molar-refractivity contribution in [3.05, 3.63) is 26.6 Å². The molecule has 1 N–H and O–H groups in total. The van der Waals surface area contributed by atoms with E-state index in [0.29, 0.717) is 14.8 Å². The Hall–Kier alpha value is -0.310. The van der Waals surface area contributed by atoms with Crippen molar-refractivity contribution in [1.29, 1.82) is 0 Å². The number of aromatic nitrogens is 1. The summed E-state index contributed by atoms with van der Waals surface area (Å²) in [6.07, 6.45) is -2.86. The van der Waals surface area contributed by atoms with Gasteiger partial charge in [-0.05, 0) is 34.2 Å². The monoisotopic (exact) mass is 405 g/mol. The Labute approximate surface area is 113 Å². The highest BCUT2D eigenvalue weighted by Crippen LogP contribution is 2.25. The van der Waals surface area contributed by atoms with Gasteiger partial charge in [-0.2, -0.15) is 0 Å². The van der Waals surface area contributed by atoms with Crippen molar-refractivity contribution in [2.24, 2.45) is 0 Å². The van der Waals surface area contributed by atoms with Crippen LogP contribution in [0, 0.1) is 3.57 Å². The Morgan fingerprint density at radius 2 is 2.25 bits per heavy atom. The first-order valence-electron chi connectivity index (χ1n) is 4.19. The summed E-state index contributed by atoms with van der Waals surface area (Å²) in [5.41, 5.74) is 0.506. The third-order valence-corrected chi connectivity index (χ3v) is 3.35. The Morgan fingerprint density at radius 1 is 1.62 bits per heavy atom. The third kappa shape index (κ3) is 3.34. The summed E-state index contributed by atoms with van der Waals surface area (Å²) in [4.78, 5) is 14.4. The molecule has 0 amide bonds. The quantitative estimate of drug-likeness (QED) is 0.618. The molecule has 0 aliphatic heterocycles. The van der Waals surface area contributed by atoms with Crippen molar-refractivity contribution in [3.8, 4) is 0 Å². The average Bonchev–Trinajstić information content (AvgIpc) is 2.19. The first-order chi connectivity index (χ1) is 7.45. The molecule has 7 heteroatoms. The van der Waals surface area contributed by atoms with Crippen LogP contribution in [0.1, 0.15) is 23.4 Å². The van der Waals surface area contributed by atoms with E-state index in [9.17, 15) is 13.6 Å². The van der Waals surface area contributed by atoms with E-state index in [2.05, 4.69) is 20.9 Å². The molecule has 0 aromatic carbocycles. The number of hydrogen-bond donors (Lipinski definition) is 1. The summed E-state index contributed by atoms with van der Waals surface area (Å²) in [5.74, 6) is -1.01. The molecule has 0 radical (unpaired) electrons. The molecule has 1 rings (SSSR count). The second kappa shape index (κ2) is 5.85. The summed E-state index contributed by atoms with van der Waals surface area (Å²) in [6.45, 7) is 0. The highest BCUT2D eigenvalue weighted by molar-refractivity contribution is 14.1. The second-order valence-corrected chi connectivity index (χ2v) is 4.68. The van der Waals surface area contributed by atoms with Crippen LogP contribution in [0.4, 0.5) is 8.78 Å². The fourth-order valence-electron chi connectivity index (χ4n) is 1.17. The molecule has 1 aromatic heterocycles. The second-order valence-electron chi connectivity index (χ2n) is 2.96. The van der Waals surface area contributed by atoms with Gasteiger partial charge in [-0.1, -0.05) is 15.9 Å². The number of aliphatic carboxylic acids is 1. The van der Waals surface area contributed by atoms with Crippen molar-refractivity contribution in [1.82, 2.24) is 4.98 Å². The predicted molar refractivity (Wildman–Crippen MR) is 65.9 cm³/mol. The van der Waals surface area contributed by atoms with Gasteiger partial charge in [0.25, 0.3) is 6.43 Å². The lowest BCUT2D eigenvalue weighted by Gasteiger charge is -2.09. The number of halogens is 4. The van der Waals surface area contributed by atoms with Gasteiger partial charge in [-0.25, -0.2) is 8.78 Å². The Kier molecular flexibility index (Phi) is 5.03. The van der Waals surface area contributed by atoms with E-state index in [1.807, 2.05) is 22.6 Å². The number of alkyl halides is 3. The third-order valence-electron chi connectivity index (χ3n) is 1.85. The van der Waals surface area contributed by atoms with Crippen LogP contribution < -0.4 is 0 Å². The van der Waals surface area contributed by atoms with E-state index in [1.165, 1.54) is 6.07 Å². The highest BCUT2D eigenvalue weighted by Gasteiger charge is 2.17. The Balaban J connectivity index is 3.22. The zero-order valence-electron chi connectivity index (χ0n) is 7.88. The smallest absolute Gasteiger partial charge is 0.307 e. The number of carbonyl (C=O) groups is 1. The molecule has 0 aliphatic carbocycles. The van der Waals surface area contributed by atoms with Gasteiger partial charge in [0, 0.05) is 8.90 Å². The minimum absolute atomic E-state index is 0.213. The fraction of sp³-hybridized carbons (Fsp3) is 0.333. The zero-order chi connectivity index (χ0) is 12.3. The molecule has 0 fully saturated rings. The van der Waals surface area contributed by atoms with Gasteiger partial charge in [0.2, 0.25) is 0 Å². The molecular formula is C9H7BrF2INO2. The molecule has 0 bridgehead atoms. The lowest BCUT2D eigenvalue weighted by Crippen LogP contribution is -2.08. The van der Waals surface area contributed by atoms with Crippen molar-refractivity contribution >= 4 is 44.5 Å². The number of nitrogens with zero attached hydrogens (tertiary/aromatic N) is 1. The van der Waals surface area contributed by atoms with E-state index in [4.69, 9.17) is 5.11 Å². The number of carboxylic acid groups (broad SMARTS) is 1. The lowest BCUT2D eigenvalue weighted by atomic mass is 10.1. The van der Waals surface area contributed by atoms with Crippen molar-refractivity contribution in [2.45, 2.75) is 18.2 Å². The van der Waals surface area contributed by atoms with Crippen LogP contribution in [-0.2, 0) is 16.5 Å². The molecule has 0 spiro atoms. The van der Waals surface area contributed by atoms with Crippen LogP contribution >= 0.6 is 38.5 Å². The van der Waals surface area contributed by atoms with Gasteiger partial charge in [0.1, 0.15) is 5.69 Å². The van der Waals surface area contributed by atoms with Crippen LogP contribution in [0.2, 0.25) is 0 Å². The van der Waals surface area contributed by atoms with Crippen LogP contribution in [-0.4, -0.2) is 16.1 Å². The van der Waals surface area contributed by atoms with Gasteiger partial charge >= 0.3 is 5.97 Å². The highest BCUT2D eigenvalue weighted by atomic mass is 127. The van der Waals surface area contributed by atoms with Crippen molar-refractivity contribution in [2.75, 3.05) is 0 Å². The number of pyridine rings is 1. The molecular weight excluding hydrogens is 399 g/mol. The predicted octanol–water partition coefficient (Wildman–Crippen LogP) is 3.15. The van der Waals surface area contributed by atoms with E-state index in [1.54, 1.807) is 0 Å². The maximum atomic E-state index is 12.5.